The van der Waals surface area contributed by atoms with Crippen LogP contribution in [0.25, 0.3) is 4.96 Å². The van der Waals surface area contributed by atoms with Gasteiger partial charge >= 0.3 is 0 Å². The maximum Gasteiger partial charge on any atom is 0.266 e. The van der Waals surface area contributed by atoms with Gasteiger partial charge in [0.2, 0.25) is 4.96 Å². The zero-order valence-corrected chi connectivity index (χ0v) is 13.9. The summed E-state index contributed by atoms with van der Waals surface area (Å²) in [7, 11) is 0. The largest absolute Gasteiger partial charge is 0.395 e. The smallest absolute Gasteiger partial charge is 0.266 e. The highest BCUT2D eigenvalue weighted by Gasteiger charge is 2.23. The lowest BCUT2D eigenvalue weighted by atomic mass is 10.2. The number of hydrogen-bond donors (Lipinski definition) is 1. The van der Waals surface area contributed by atoms with Crippen molar-refractivity contribution in [2.24, 2.45) is 0 Å². The molecule has 1 N–H and O–H groups in total. The number of thiazole rings is 1. The summed E-state index contributed by atoms with van der Waals surface area (Å²) in [6.45, 7) is 4.46. The van der Waals surface area contributed by atoms with Gasteiger partial charge in [0.15, 0.2) is 0 Å². The summed E-state index contributed by atoms with van der Waals surface area (Å²) in [4.78, 5) is 15.9. The number of nitrogens with zero attached hydrogens (tertiary/aromatic N) is 4. The molecule has 0 aliphatic rings. The summed E-state index contributed by atoms with van der Waals surface area (Å²) in [6.07, 6.45) is 0. The maximum atomic E-state index is 12.9. The van der Waals surface area contributed by atoms with E-state index in [9.17, 15) is 9.90 Å². The van der Waals surface area contributed by atoms with Gasteiger partial charge in [-0.1, -0.05) is 41.7 Å². The van der Waals surface area contributed by atoms with E-state index in [1.54, 1.807) is 4.90 Å². The summed E-state index contributed by atoms with van der Waals surface area (Å²) in [5.74, 6) is 0.680. The molecular formula is C16H18N4O2S. The second-order valence-corrected chi connectivity index (χ2v) is 6.30. The lowest BCUT2D eigenvalue weighted by Gasteiger charge is -2.21. The fourth-order valence-corrected chi connectivity index (χ4v) is 3.66. The third kappa shape index (κ3) is 2.97. The third-order valence-corrected chi connectivity index (χ3v) is 4.84. The molecule has 3 rings (SSSR count). The van der Waals surface area contributed by atoms with E-state index in [0.717, 1.165) is 17.1 Å². The number of amides is 1. The molecule has 0 saturated carbocycles. The Balaban J connectivity index is 1.92. The number of aryl methyl sites for hydroxylation is 2. The van der Waals surface area contributed by atoms with Gasteiger partial charge in [0.05, 0.1) is 6.61 Å². The molecular weight excluding hydrogens is 312 g/mol. The van der Waals surface area contributed by atoms with Crippen molar-refractivity contribution in [2.45, 2.75) is 20.4 Å². The van der Waals surface area contributed by atoms with Crippen LogP contribution in [0.15, 0.2) is 30.3 Å². The number of carbonyl (C=O) groups excluding carboxylic acids is 1. The average Bonchev–Trinajstić information content (AvgIpc) is 3.08. The molecule has 0 saturated heterocycles. The summed E-state index contributed by atoms with van der Waals surface area (Å²) < 4.78 is 1.89. The fraction of sp³-hybridized carbons (Fsp3) is 0.312. The van der Waals surface area contributed by atoms with Crippen LogP contribution in [-0.2, 0) is 6.54 Å². The Bertz CT molecular complexity index is 825. The van der Waals surface area contributed by atoms with Crippen LogP contribution in [0.2, 0.25) is 0 Å². The van der Waals surface area contributed by atoms with E-state index in [0.29, 0.717) is 22.9 Å². The Morgan fingerprint density at radius 2 is 2.00 bits per heavy atom. The van der Waals surface area contributed by atoms with Crippen molar-refractivity contribution in [3.05, 3.63) is 52.3 Å². The van der Waals surface area contributed by atoms with Crippen LogP contribution in [0.1, 0.15) is 26.8 Å². The molecule has 1 aromatic carbocycles. The number of hydrogen-bond acceptors (Lipinski definition) is 5. The molecule has 0 aliphatic heterocycles. The van der Waals surface area contributed by atoms with Gasteiger partial charge in [-0.15, -0.1) is 10.2 Å². The van der Waals surface area contributed by atoms with E-state index >= 15 is 0 Å². The number of aromatic nitrogens is 3. The zero-order chi connectivity index (χ0) is 16.4. The summed E-state index contributed by atoms with van der Waals surface area (Å²) in [5, 5.41) is 17.4. The van der Waals surface area contributed by atoms with E-state index in [-0.39, 0.29) is 12.5 Å². The molecule has 3 aromatic rings. The first-order valence-electron chi connectivity index (χ1n) is 7.37. The van der Waals surface area contributed by atoms with Gasteiger partial charge in [0.1, 0.15) is 10.7 Å². The first kappa shape index (κ1) is 15.6. The van der Waals surface area contributed by atoms with Crippen LogP contribution in [0.3, 0.4) is 0 Å². The SMILES string of the molecule is Cc1nnc2sc(C(=O)N(CCO)Cc3ccccc3)c(C)n12. The van der Waals surface area contributed by atoms with Gasteiger partial charge in [-0.2, -0.15) is 0 Å². The minimum Gasteiger partial charge on any atom is -0.395 e. The number of benzene rings is 1. The molecule has 0 unspecified atom stereocenters. The molecule has 0 atom stereocenters. The number of carbonyl (C=O) groups is 1. The van der Waals surface area contributed by atoms with Crippen molar-refractivity contribution in [2.75, 3.05) is 13.2 Å². The Hall–Kier alpha value is -2.25. The number of fused-ring (bicyclic) bond motifs is 1. The van der Waals surface area contributed by atoms with Crippen LogP contribution in [0.4, 0.5) is 0 Å². The van der Waals surface area contributed by atoms with Gasteiger partial charge in [-0.25, -0.2) is 0 Å². The maximum absolute atomic E-state index is 12.9. The molecule has 1 amide bonds. The summed E-state index contributed by atoms with van der Waals surface area (Å²) >= 11 is 1.33. The highest BCUT2D eigenvalue weighted by molar-refractivity contribution is 7.19. The Labute approximate surface area is 138 Å². The molecule has 2 aromatic heterocycles. The summed E-state index contributed by atoms with van der Waals surface area (Å²) in [6, 6.07) is 9.77. The van der Waals surface area contributed by atoms with Crippen molar-refractivity contribution >= 4 is 22.2 Å². The number of aliphatic hydroxyl groups excluding tert-OH is 1. The van der Waals surface area contributed by atoms with Gasteiger partial charge in [-0.05, 0) is 19.4 Å². The lowest BCUT2D eigenvalue weighted by Crippen LogP contribution is -2.33. The van der Waals surface area contributed by atoms with Crippen LogP contribution in [0.5, 0.6) is 0 Å². The van der Waals surface area contributed by atoms with Gasteiger partial charge in [0.25, 0.3) is 5.91 Å². The van der Waals surface area contributed by atoms with E-state index in [2.05, 4.69) is 10.2 Å². The van der Waals surface area contributed by atoms with Crippen LogP contribution in [-0.4, -0.2) is 43.7 Å². The molecule has 0 fully saturated rings. The molecule has 6 nitrogen and oxygen atoms in total. The van der Waals surface area contributed by atoms with Gasteiger partial charge in [-0.3, -0.25) is 9.20 Å². The topological polar surface area (TPSA) is 70.7 Å². The Morgan fingerprint density at radius 3 is 2.65 bits per heavy atom. The van der Waals surface area contributed by atoms with E-state index in [1.165, 1.54) is 11.3 Å². The Morgan fingerprint density at radius 1 is 1.26 bits per heavy atom. The predicted molar refractivity (Wildman–Crippen MR) is 88.6 cm³/mol. The quantitative estimate of drug-likeness (QED) is 0.777. The van der Waals surface area contributed by atoms with Gasteiger partial charge in [0, 0.05) is 18.8 Å². The second-order valence-electron chi connectivity index (χ2n) is 5.32. The molecule has 120 valence electrons. The summed E-state index contributed by atoms with van der Waals surface area (Å²) in [5.41, 5.74) is 1.87. The zero-order valence-electron chi connectivity index (χ0n) is 13.1. The first-order chi connectivity index (χ1) is 11.1. The van der Waals surface area contributed by atoms with E-state index in [4.69, 9.17) is 0 Å². The van der Waals surface area contributed by atoms with E-state index < -0.39 is 0 Å². The minimum atomic E-state index is -0.0877. The molecule has 0 spiro atoms. The normalized spacial score (nSPS) is 11.1. The molecule has 7 heteroatoms. The average molecular weight is 330 g/mol. The molecule has 0 bridgehead atoms. The molecule has 23 heavy (non-hydrogen) atoms. The lowest BCUT2D eigenvalue weighted by molar-refractivity contribution is 0.0711. The molecule has 0 aliphatic carbocycles. The fourth-order valence-electron chi connectivity index (χ4n) is 2.58. The van der Waals surface area contributed by atoms with Crippen molar-refractivity contribution in [1.29, 1.82) is 0 Å². The molecule has 2 heterocycles. The van der Waals surface area contributed by atoms with Crippen molar-refractivity contribution < 1.29 is 9.90 Å². The van der Waals surface area contributed by atoms with E-state index in [1.807, 2.05) is 48.6 Å². The third-order valence-electron chi connectivity index (χ3n) is 3.72. The molecule has 0 radical (unpaired) electrons. The van der Waals surface area contributed by atoms with Gasteiger partial charge < -0.3 is 10.0 Å². The minimum absolute atomic E-state index is 0.0687. The highest BCUT2D eigenvalue weighted by Crippen LogP contribution is 2.24. The highest BCUT2D eigenvalue weighted by atomic mass is 32.1. The van der Waals surface area contributed by atoms with Crippen LogP contribution < -0.4 is 0 Å². The predicted octanol–water partition coefficient (Wildman–Crippen LogP) is 2.04. The van der Waals surface area contributed by atoms with Crippen molar-refractivity contribution in [3.63, 3.8) is 0 Å². The standard InChI is InChI=1S/C16H18N4O2S/c1-11-14(23-16-18-17-12(2)20(11)16)15(22)19(8-9-21)10-13-6-4-3-5-7-13/h3-7,21H,8-10H2,1-2H3. The van der Waals surface area contributed by atoms with Crippen molar-refractivity contribution in [1.82, 2.24) is 19.5 Å². The monoisotopic (exact) mass is 330 g/mol. The van der Waals surface area contributed by atoms with Crippen LogP contribution >= 0.6 is 11.3 Å². The van der Waals surface area contributed by atoms with Crippen LogP contribution in [0, 0.1) is 13.8 Å². The second kappa shape index (κ2) is 6.47. The number of rotatable bonds is 5. The van der Waals surface area contributed by atoms with Crippen molar-refractivity contribution in [3.8, 4) is 0 Å². The Kier molecular flexibility index (Phi) is 4.40. The number of aliphatic hydroxyl groups is 1. The first-order valence-corrected chi connectivity index (χ1v) is 8.18.